The van der Waals surface area contributed by atoms with Crippen LogP contribution in [-0.2, 0) is 28.6 Å². The van der Waals surface area contributed by atoms with Crippen LogP contribution in [0.2, 0.25) is 0 Å². The summed E-state index contributed by atoms with van der Waals surface area (Å²) in [5, 5.41) is 0. The maximum atomic E-state index is 12.8. The zero-order valence-corrected chi connectivity index (χ0v) is 41.8. The summed E-state index contributed by atoms with van der Waals surface area (Å²) in [5.41, 5.74) is 0. The van der Waals surface area contributed by atoms with E-state index < -0.39 is 6.10 Å². The highest BCUT2D eigenvalue weighted by atomic mass is 16.6. The monoisotopic (exact) mass is 863 g/mol. The lowest BCUT2D eigenvalue weighted by molar-refractivity contribution is -0.167. The molecule has 0 N–H and O–H groups in total. The number of rotatable bonds is 49. The van der Waals surface area contributed by atoms with E-state index in [2.05, 4.69) is 34.6 Å². The Morgan fingerprint density at radius 2 is 0.574 bits per heavy atom. The van der Waals surface area contributed by atoms with Gasteiger partial charge in [0, 0.05) is 19.3 Å². The van der Waals surface area contributed by atoms with Gasteiger partial charge in [0.05, 0.1) is 0 Å². The van der Waals surface area contributed by atoms with Crippen LogP contribution in [0.4, 0.5) is 0 Å². The first-order valence-corrected chi connectivity index (χ1v) is 27.3. The lowest BCUT2D eigenvalue weighted by Gasteiger charge is -2.18. The molecule has 0 aliphatic rings. The van der Waals surface area contributed by atoms with E-state index in [-0.39, 0.29) is 31.1 Å². The van der Waals surface area contributed by atoms with E-state index in [0.29, 0.717) is 19.3 Å². The van der Waals surface area contributed by atoms with E-state index in [4.69, 9.17) is 14.2 Å². The van der Waals surface area contributed by atoms with Crippen LogP contribution in [0.5, 0.6) is 0 Å². The van der Waals surface area contributed by atoms with E-state index in [9.17, 15) is 14.4 Å². The number of esters is 3. The summed E-state index contributed by atoms with van der Waals surface area (Å²) in [5.74, 6) is 0.832. The molecular weight excluding hydrogens is 757 g/mol. The quantitative estimate of drug-likeness (QED) is 0.0344. The van der Waals surface area contributed by atoms with Crippen molar-refractivity contribution < 1.29 is 28.6 Å². The first-order chi connectivity index (χ1) is 29.8. The van der Waals surface area contributed by atoms with Gasteiger partial charge in [-0.15, -0.1) is 0 Å². The molecule has 0 radical (unpaired) electrons. The van der Waals surface area contributed by atoms with Crippen molar-refractivity contribution >= 4 is 17.9 Å². The average Bonchev–Trinajstić information content (AvgIpc) is 3.26. The van der Waals surface area contributed by atoms with Crippen LogP contribution >= 0.6 is 0 Å². The summed E-state index contributed by atoms with van der Waals surface area (Å²) in [4.78, 5) is 38.0. The third-order valence-corrected chi connectivity index (χ3v) is 13.2. The maximum absolute atomic E-state index is 12.8. The molecule has 0 aliphatic heterocycles. The van der Waals surface area contributed by atoms with Gasteiger partial charge in [-0.2, -0.15) is 0 Å². The molecule has 0 spiro atoms. The van der Waals surface area contributed by atoms with Crippen molar-refractivity contribution in [3.8, 4) is 0 Å². The number of carbonyl (C=O) groups excluding carboxylic acids is 3. The Balaban J connectivity index is 4.25. The number of ether oxygens (including phenoxy) is 3. The van der Waals surface area contributed by atoms with Crippen molar-refractivity contribution in [1.82, 2.24) is 0 Å². The summed E-state index contributed by atoms with van der Waals surface area (Å²) >= 11 is 0. The largest absolute Gasteiger partial charge is 0.462 e. The van der Waals surface area contributed by atoms with Crippen LogP contribution in [0.3, 0.4) is 0 Å². The molecular formula is C55H106O6. The molecule has 0 rings (SSSR count). The molecule has 6 heteroatoms. The fourth-order valence-electron chi connectivity index (χ4n) is 8.28. The Labute approximate surface area is 380 Å². The third-order valence-electron chi connectivity index (χ3n) is 13.2. The summed E-state index contributed by atoms with van der Waals surface area (Å²) < 4.78 is 16.8. The van der Waals surface area contributed by atoms with Crippen LogP contribution in [0.1, 0.15) is 304 Å². The van der Waals surface area contributed by atoms with Crippen LogP contribution in [0, 0.1) is 11.8 Å². The summed E-state index contributed by atoms with van der Waals surface area (Å²) in [7, 11) is 0. The van der Waals surface area contributed by atoms with Crippen molar-refractivity contribution in [1.29, 1.82) is 0 Å². The molecule has 0 aromatic heterocycles. The normalized spacial score (nSPS) is 12.9. The second-order valence-electron chi connectivity index (χ2n) is 19.4. The Hall–Kier alpha value is -1.59. The van der Waals surface area contributed by atoms with Crippen molar-refractivity contribution in [2.24, 2.45) is 11.8 Å². The molecule has 362 valence electrons. The van der Waals surface area contributed by atoms with Gasteiger partial charge in [0.15, 0.2) is 6.10 Å². The second-order valence-corrected chi connectivity index (χ2v) is 19.4. The first kappa shape index (κ1) is 59.4. The van der Waals surface area contributed by atoms with E-state index >= 15 is 0 Å². The maximum Gasteiger partial charge on any atom is 0.306 e. The number of hydrogen-bond acceptors (Lipinski definition) is 6. The molecule has 61 heavy (non-hydrogen) atoms. The molecule has 2 unspecified atom stereocenters. The number of hydrogen-bond donors (Lipinski definition) is 0. The molecule has 0 bridgehead atoms. The minimum atomic E-state index is -0.763. The highest BCUT2D eigenvalue weighted by Gasteiger charge is 2.19. The SMILES string of the molecule is CCCCCCCCCCCCCCCCCCCCCC(=O)OC[C@@H](COC(=O)CCCCCCCCC(C)CC)OC(=O)CCCCCCCCCCCCC(C)CC. The Morgan fingerprint density at radius 1 is 0.328 bits per heavy atom. The first-order valence-electron chi connectivity index (χ1n) is 27.3. The van der Waals surface area contributed by atoms with Gasteiger partial charge in [-0.25, -0.2) is 0 Å². The predicted molar refractivity (Wildman–Crippen MR) is 261 cm³/mol. The molecule has 0 aromatic rings. The number of unbranched alkanes of at least 4 members (excludes halogenated alkanes) is 32. The smallest absolute Gasteiger partial charge is 0.306 e. The predicted octanol–water partition coefficient (Wildman–Crippen LogP) is 17.7. The summed E-state index contributed by atoms with van der Waals surface area (Å²) in [6, 6.07) is 0. The molecule has 3 atom stereocenters. The molecule has 6 nitrogen and oxygen atoms in total. The van der Waals surface area contributed by atoms with Gasteiger partial charge in [-0.05, 0) is 31.1 Å². The van der Waals surface area contributed by atoms with Gasteiger partial charge in [0.1, 0.15) is 13.2 Å². The van der Waals surface area contributed by atoms with E-state index in [1.54, 1.807) is 0 Å². The molecule has 0 saturated heterocycles. The van der Waals surface area contributed by atoms with Gasteiger partial charge < -0.3 is 14.2 Å². The van der Waals surface area contributed by atoms with Crippen LogP contribution in [-0.4, -0.2) is 37.2 Å². The molecule has 0 heterocycles. The highest BCUT2D eigenvalue weighted by Crippen LogP contribution is 2.18. The Kier molecular flexibility index (Phi) is 46.6. The van der Waals surface area contributed by atoms with Gasteiger partial charge in [0.25, 0.3) is 0 Å². The lowest BCUT2D eigenvalue weighted by atomic mass is 9.99. The summed E-state index contributed by atoms with van der Waals surface area (Å²) in [6.45, 7) is 11.4. The van der Waals surface area contributed by atoms with Gasteiger partial charge in [-0.3, -0.25) is 14.4 Å². The van der Waals surface area contributed by atoms with E-state index in [0.717, 1.165) is 69.6 Å². The fraction of sp³-hybridized carbons (Fsp3) is 0.945. The van der Waals surface area contributed by atoms with Crippen molar-refractivity contribution in [2.75, 3.05) is 13.2 Å². The Morgan fingerprint density at radius 3 is 0.852 bits per heavy atom. The zero-order chi connectivity index (χ0) is 44.7. The van der Waals surface area contributed by atoms with Gasteiger partial charge in [0.2, 0.25) is 0 Å². The van der Waals surface area contributed by atoms with E-state index in [1.807, 2.05) is 0 Å². The standard InChI is InChI=1S/C55H106O6/c1-6-9-10-11-12-13-14-15-16-17-18-19-20-21-22-26-29-35-40-45-53(56)59-48-52(49-60-54(57)46-41-36-32-31-34-39-44-51(5)8-3)61-55(58)47-42-37-30-27-24-23-25-28-33-38-43-50(4)7-2/h50-52H,6-49H2,1-5H3/t50?,51?,52-/m0/s1. The average molecular weight is 863 g/mol. The molecule has 0 fully saturated rings. The van der Waals surface area contributed by atoms with Crippen molar-refractivity contribution in [3.05, 3.63) is 0 Å². The number of carbonyl (C=O) groups is 3. The fourth-order valence-corrected chi connectivity index (χ4v) is 8.28. The van der Waals surface area contributed by atoms with Crippen molar-refractivity contribution in [3.63, 3.8) is 0 Å². The minimum absolute atomic E-state index is 0.0642. The van der Waals surface area contributed by atoms with Gasteiger partial charge in [-0.1, -0.05) is 266 Å². The second kappa shape index (κ2) is 47.9. The van der Waals surface area contributed by atoms with Gasteiger partial charge >= 0.3 is 17.9 Å². The highest BCUT2D eigenvalue weighted by molar-refractivity contribution is 5.71. The van der Waals surface area contributed by atoms with Crippen molar-refractivity contribution in [2.45, 2.75) is 310 Å². The minimum Gasteiger partial charge on any atom is -0.462 e. The van der Waals surface area contributed by atoms with Crippen LogP contribution in [0.15, 0.2) is 0 Å². The third kappa shape index (κ3) is 46.2. The molecule has 0 aromatic carbocycles. The molecule has 0 amide bonds. The van der Waals surface area contributed by atoms with E-state index in [1.165, 1.54) is 193 Å². The summed E-state index contributed by atoms with van der Waals surface area (Å²) in [6.07, 6.45) is 49.5. The van der Waals surface area contributed by atoms with Crippen LogP contribution in [0.25, 0.3) is 0 Å². The Bertz CT molecular complexity index is 935. The molecule has 0 aliphatic carbocycles. The molecule has 0 saturated carbocycles. The zero-order valence-electron chi connectivity index (χ0n) is 41.8. The lowest BCUT2D eigenvalue weighted by Crippen LogP contribution is -2.30. The topological polar surface area (TPSA) is 78.9 Å². The van der Waals surface area contributed by atoms with Crippen LogP contribution < -0.4 is 0 Å².